The van der Waals surface area contributed by atoms with Gasteiger partial charge in [-0.15, -0.1) is 0 Å². The van der Waals surface area contributed by atoms with Gasteiger partial charge < -0.3 is 14.2 Å². The second kappa shape index (κ2) is 4.52. The average Bonchev–Trinajstić information content (AvgIpc) is 2.26. The van der Waals surface area contributed by atoms with Crippen LogP contribution in [0.15, 0.2) is 12.1 Å². The summed E-state index contributed by atoms with van der Waals surface area (Å²) in [6.45, 7) is 6.17. The molecule has 98 valence electrons. The van der Waals surface area contributed by atoms with Crippen molar-refractivity contribution < 1.29 is 19.0 Å². The van der Waals surface area contributed by atoms with Crippen LogP contribution < -0.4 is 14.2 Å². The smallest absolute Gasteiger partial charge is 0.174 e. The van der Waals surface area contributed by atoms with E-state index in [0.29, 0.717) is 35.8 Å². The molecular weight excluding hydrogens is 232 g/mol. The number of hydrogen-bond acceptors (Lipinski definition) is 4. The van der Waals surface area contributed by atoms with Crippen LogP contribution in [0, 0.1) is 0 Å². The van der Waals surface area contributed by atoms with E-state index < -0.39 is 5.60 Å². The monoisotopic (exact) mass is 250 g/mol. The number of hydrogen-bond donors (Lipinski definition) is 0. The van der Waals surface area contributed by atoms with E-state index in [9.17, 15) is 4.79 Å². The van der Waals surface area contributed by atoms with Crippen molar-refractivity contribution in [3.8, 4) is 17.2 Å². The summed E-state index contributed by atoms with van der Waals surface area (Å²) in [4.78, 5) is 12.2. The maximum atomic E-state index is 12.2. The standard InChI is InChI=1S/C14H18O4/c1-5-17-11-6-9(16-4)7-12-13(11)10(15)8-14(2,3)18-12/h6-7H,5,8H2,1-4H3. The summed E-state index contributed by atoms with van der Waals surface area (Å²) in [5.41, 5.74) is 0.0388. The molecule has 0 amide bonds. The lowest BCUT2D eigenvalue weighted by atomic mass is 9.92. The van der Waals surface area contributed by atoms with E-state index in [-0.39, 0.29) is 5.78 Å². The third-order valence-electron chi connectivity index (χ3n) is 2.83. The van der Waals surface area contributed by atoms with E-state index in [1.165, 1.54) is 0 Å². The molecule has 1 heterocycles. The largest absolute Gasteiger partial charge is 0.496 e. The molecule has 4 nitrogen and oxygen atoms in total. The Kier molecular flexibility index (Phi) is 3.20. The molecule has 0 saturated carbocycles. The van der Waals surface area contributed by atoms with Gasteiger partial charge in [-0.25, -0.2) is 0 Å². The van der Waals surface area contributed by atoms with E-state index in [4.69, 9.17) is 14.2 Å². The molecule has 0 aliphatic carbocycles. The molecule has 1 aromatic carbocycles. The van der Waals surface area contributed by atoms with Crippen molar-refractivity contribution >= 4 is 5.78 Å². The van der Waals surface area contributed by atoms with Crippen molar-refractivity contribution in [2.45, 2.75) is 32.8 Å². The predicted molar refractivity (Wildman–Crippen MR) is 67.8 cm³/mol. The van der Waals surface area contributed by atoms with Gasteiger partial charge in [-0.2, -0.15) is 0 Å². The minimum Gasteiger partial charge on any atom is -0.496 e. The van der Waals surface area contributed by atoms with Crippen LogP contribution in [0.5, 0.6) is 17.2 Å². The van der Waals surface area contributed by atoms with Crippen LogP contribution in [0.25, 0.3) is 0 Å². The van der Waals surface area contributed by atoms with Crippen LogP contribution in [-0.2, 0) is 0 Å². The second-order valence-corrected chi connectivity index (χ2v) is 4.89. The Balaban J connectivity index is 2.55. The van der Waals surface area contributed by atoms with E-state index in [0.717, 1.165) is 0 Å². The molecule has 0 bridgehead atoms. The Morgan fingerprint density at radius 2 is 2.11 bits per heavy atom. The van der Waals surface area contributed by atoms with Gasteiger partial charge in [-0.3, -0.25) is 4.79 Å². The average molecular weight is 250 g/mol. The maximum Gasteiger partial charge on any atom is 0.174 e. The van der Waals surface area contributed by atoms with Crippen molar-refractivity contribution in [3.63, 3.8) is 0 Å². The van der Waals surface area contributed by atoms with E-state index >= 15 is 0 Å². The zero-order chi connectivity index (χ0) is 13.3. The number of carbonyl (C=O) groups excluding carboxylic acids is 1. The van der Waals surface area contributed by atoms with Crippen LogP contribution in [0.3, 0.4) is 0 Å². The Bertz CT molecular complexity index is 477. The van der Waals surface area contributed by atoms with Gasteiger partial charge in [0.25, 0.3) is 0 Å². The number of fused-ring (bicyclic) bond motifs is 1. The first-order valence-electron chi connectivity index (χ1n) is 6.04. The zero-order valence-electron chi connectivity index (χ0n) is 11.2. The minimum atomic E-state index is -0.486. The predicted octanol–water partition coefficient (Wildman–Crippen LogP) is 2.84. The molecule has 1 aliphatic heterocycles. The fourth-order valence-electron chi connectivity index (χ4n) is 2.12. The van der Waals surface area contributed by atoms with Crippen LogP contribution in [0.1, 0.15) is 37.6 Å². The van der Waals surface area contributed by atoms with Crippen LogP contribution in [0.4, 0.5) is 0 Å². The third-order valence-corrected chi connectivity index (χ3v) is 2.83. The van der Waals surface area contributed by atoms with Gasteiger partial charge in [0.2, 0.25) is 0 Å². The third kappa shape index (κ3) is 2.28. The lowest BCUT2D eigenvalue weighted by Crippen LogP contribution is -2.36. The molecule has 0 atom stereocenters. The van der Waals surface area contributed by atoms with Gasteiger partial charge in [0.05, 0.1) is 20.1 Å². The molecule has 2 rings (SSSR count). The van der Waals surface area contributed by atoms with Crippen molar-refractivity contribution in [1.29, 1.82) is 0 Å². The quantitative estimate of drug-likeness (QED) is 0.827. The molecule has 1 aliphatic rings. The molecule has 0 N–H and O–H groups in total. The Labute approximate surface area is 107 Å². The highest BCUT2D eigenvalue weighted by Crippen LogP contribution is 2.41. The fraction of sp³-hybridized carbons (Fsp3) is 0.500. The molecule has 4 heteroatoms. The summed E-state index contributed by atoms with van der Waals surface area (Å²) in [6.07, 6.45) is 0.354. The highest BCUT2D eigenvalue weighted by molar-refractivity contribution is 6.03. The lowest BCUT2D eigenvalue weighted by Gasteiger charge is -2.32. The van der Waals surface area contributed by atoms with Crippen LogP contribution in [-0.4, -0.2) is 25.1 Å². The first-order chi connectivity index (χ1) is 8.46. The van der Waals surface area contributed by atoms with Gasteiger partial charge in [0.1, 0.15) is 28.4 Å². The molecule has 0 spiro atoms. The van der Waals surface area contributed by atoms with Gasteiger partial charge >= 0.3 is 0 Å². The van der Waals surface area contributed by atoms with Crippen LogP contribution >= 0.6 is 0 Å². The minimum absolute atomic E-state index is 0.0485. The van der Waals surface area contributed by atoms with Crippen molar-refractivity contribution in [1.82, 2.24) is 0 Å². The normalized spacial score (nSPS) is 16.8. The Morgan fingerprint density at radius 3 is 2.72 bits per heavy atom. The molecule has 18 heavy (non-hydrogen) atoms. The molecule has 0 saturated heterocycles. The first kappa shape index (κ1) is 12.7. The lowest BCUT2D eigenvalue weighted by molar-refractivity contribution is 0.0611. The molecular formula is C14H18O4. The number of rotatable bonds is 3. The van der Waals surface area contributed by atoms with Gasteiger partial charge in [-0.05, 0) is 20.8 Å². The fourth-order valence-corrected chi connectivity index (χ4v) is 2.12. The summed E-state index contributed by atoms with van der Waals surface area (Å²) >= 11 is 0. The number of benzene rings is 1. The van der Waals surface area contributed by atoms with Gasteiger partial charge in [-0.1, -0.05) is 0 Å². The first-order valence-corrected chi connectivity index (χ1v) is 6.04. The van der Waals surface area contributed by atoms with Gasteiger partial charge in [0.15, 0.2) is 5.78 Å². The van der Waals surface area contributed by atoms with E-state index in [2.05, 4.69) is 0 Å². The summed E-state index contributed by atoms with van der Waals surface area (Å²) < 4.78 is 16.5. The summed E-state index contributed by atoms with van der Waals surface area (Å²) in [6, 6.07) is 3.46. The number of carbonyl (C=O) groups is 1. The molecule has 0 unspecified atom stereocenters. The molecule has 0 radical (unpaired) electrons. The van der Waals surface area contributed by atoms with Crippen molar-refractivity contribution in [2.75, 3.05) is 13.7 Å². The van der Waals surface area contributed by atoms with Crippen molar-refractivity contribution in [2.24, 2.45) is 0 Å². The Morgan fingerprint density at radius 1 is 1.39 bits per heavy atom. The zero-order valence-corrected chi connectivity index (χ0v) is 11.2. The topological polar surface area (TPSA) is 44.8 Å². The summed E-state index contributed by atoms with van der Waals surface area (Å²) in [5, 5.41) is 0. The van der Waals surface area contributed by atoms with Gasteiger partial charge in [0, 0.05) is 12.1 Å². The number of ketones is 1. The van der Waals surface area contributed by atoms with Crippen molar-refractivity contribution in [3.05, 3.63) is 17.7 Å². The SMILES string of the molecule is CCOc1cc(OC)cc2c1C(=O)CC(C)(C)O2. The highest BCUT2D eigenvalue weighted by Gasteiger charge is 2.35. The molecule has 0 fully saturated rings. The molecule has 0 aromatic heterocycles. The maximum absolute atomic E-state index is 12.2. The van der Waals surface area contributed by atoms with E-state index in [1.807, 2.05) is 20.8 Å². The summed E-state index contributed by atoms with van der Waals surface area (Å²) in [7, 11) is 1.58. The Hall–Kier alpha value is -1.71. The van der Waals surface area contributed by atoms with E-state index in [1.54, 1.807) is 19.2 Å². The molecule has 1 aromatic rings. The number of Topliss-reactive ketones (excluding diaryl/α,β-unsaturated/α-hetero) is 1. The summed E-state index contributed by atoms with van der Waals surface area (Å²) in [5.74, 6) is 1.75. The number of ether oxygens (including phenoxy) is 3. The van der Waals surface area contributed by atoms with Crippen LogP contribution in [0.2, 0.25) is 0 Å². The second-order valence-electron chi connectivity index (χ2n) is 4.89. The highest BCUT2D eigenvalue weighted by atomic mass is 16.5. The number of methoxy groups -OCH3 is 1.